The minimum absolute atomic E-state index is 0.0788. The third-order valence-corrected chi connectivity index (χ3v) is 4.92. The number of aromatic nitrogens is 4. The van der Waals surface area contributed by atoms with Crippen LogP contribution >= 0.6 is 11.6 Å². The zero-order chi connectivity index (χ0) is 22.3. The highest BCUT2D eigenvalue weighted by Gasteiger charge is 2.13. The van der Waals surface area contributed by atoms with E-state index in [-0.39, 0.29) is 16.3 Å². The highest BCUT2D eigenvalue weighted by atomic mass is 35.5. The molecule has 0 saturated carbocycles. The maximum atomic E-state index is 12.3. The number of aromatic amines is 2. The van der Waals surface area contributed by atoms with E-state index in [1.54, 1.807) is 6.07 Å². The van der Waals surface area contributed by atoms with E-state index in [4.69, 9.17) is 16.3 Å². The Labute approximate surface area is 187 Å². The molecule has 4 aromatic rings. The number of morpholine rings is 1. The maximum absolute atomic E-state index is 12.3. The van der Waals surface area contributed by atoms with E-state index in [0.29, 0.717) is 17.3 Å². The van der Waals surface area contributed by atoms with Gasteiger partial charge in [0.25, 0.3) is 5.91 Å². The molecule has 2 aromatic carbocycles. The number of hydrogen-bond donors (Lipinski definition) is 4. The summed E-state index contributed by atoms with van der Waals surface area (Å²) in [5.74, 6) is 0.537. The highest BCUT2D eigenvalue weighted by molar-refractivity contribution is 6.33. The minimum Gasteiger partial charge on any atom is -0.379 e. The Bertz CT molecular complexity index is 1190. The average Bonchev–Trinajstić information content (AvgIpc) is 3.47. The van der Waals surface area contributed by atoms with Crippen LogP contribution in [0.5, 0.6) is 0 Å². The Morgan fingerprint density at radius 3 is 2.59 bits per heavy atom. The van der Waals surface area contributed by atoms with E-state index >= 15 is 0 Å². The van der Waals surface area contributed by atoms with Gasteiger partial charge in [-0.2, -0.15) is 5.10 Å². The fourth-order valence-corrected chi connectivity index (χ4v) is 3.23. The number of halogens is 1. The van der Waals surface area contributed by atoms with Crippen molar-refractivity contribution in [3.8, 4) is 11.5 Å². The molecule has 1 fully saturated rings. The van der Waals surface area contributed by atoms with Crippen molar-refractivity contribution in [1.82, 2.24) is 25.5 Å². The number of anilines is 1. The van der Waals surface area contributed by atoms with Gasteiger partial charge in [0.2, 0.25) is 0 Å². The molecule has 3 heterocycles. The largest absolute Gasteiger partial charge is 0.379 e. The average molecular weight is 454 g/mol. The number of nitroso groups, excluding NO2 is 1. The van der Waals surface area contributed by atoms with Crippen LogP contribution in [0, 0.1) is 4.91 Å². The molecule has 1 aliphatic rings. The number of nitrogens with one attached hydrogen (secondary N) is 4. The number of benzene rings is 2. The molecule has 164 valence electrons. The second kappa shape index (κ2) is 10.1. The summed E-state index contributed by atoms with van der Waals surface area (Å²) in [6.45, 7) is 3.83. The first-order valence-electron chi connectivity index (χ1n) is 9.87. The Kier molecular flexibility index (Phi) is 6.85. The predicted molar refractivity (Wildman–Crippen MR) is 122 cm³/mol. The molecule has 0 bridgehead atoms. The quantitative estimate of drug-likeness (QED) is 0.346. The van der Waals surface area contributed by atoms with Crippen LogP contribution in [0.1, 0.15) is 10.4 Å². The van der Waals surface area contributed by atoms with Crippen molar-refractivity contribution in [2.24, 2.45) is 5.18 Å². The first-order valence-corrected chi connectivity index (χ1v) is 10.2. The fraction of sp³-hybridized carbons (Fsp3) is 0.190. The smallest absolute Gasteiger partial charge is 0.256 e. The third kappa shape index (κ3) is 5.17. The lowest BCUT2D eigenvalue weighted by molar-refractivity contribution is 0.102. The lowest BCUT2D eigenvalue weighted by Crippen LogP contribution is -2.30. The summed E-state index contributed by atoms with van der Waals surface area (Å²) in [5, 5.41) is 15.6. The van der Waals surface area contributed by atoms with Crippen LogP contribution in [-0.2, 0) is 4.74 Å². The van der Waals surface area contributed by atoms with Gasteiger partial charge < -0.3 is 20.4 Å². The molecule has 32 heavy (non-hydrogen) atoms. The normalized spacial score (nSPS) is 13.3. The Hall–Kier alpha value is -3.60. The SMILES string of the molecule is C1COCCN1.O=Nc1ccc(C(=O)Nc2cc(-c3nc4ccccc4[nH]3)[nH]n2)cc1Cl. The zero-order valence-corrected chi connectivity index (χ0v) is 17.6. The van der Waals surface area contributed by atoms with Crippen LogP contribution in [0.4, 0.5) is 11.5 Å². The summed E-state index contributed by atoms with van der Waals surface area (Å²) in [4.78, 5) is 30.5. The van der Waals surface area contributed by atoms with E-state index in [9.17, 15) is 9.70 Å². The van der Waals surface area contributed by atoms with E-state index in [2.05, 4.69) is 36.0 Å². The van der Waals surface area contributed by atoms with Gasteiger partial charge in [0.1, 0.15) is 11.4 Å². The number of ether oxygens (including phenoxy) is 1. The molecular weight excluding hydrogens is 434 g/mol. The molecule has 0 atom stereocenters. The van der Waals surface area contributed by atoms with Gasteiger partial charge >= 0.3 is 0 Å². The molecule has 4 N–H and O–H groups in total. The molecule has 10 nitrogen and oxygen atoms in total. The minimum atomic E-state index is -0.410. The monoisotopic (exact) mass is 453 g/mol. The van der Waals surface area contributed by atoms with Gasteiger partial charge in [-0.1, -0.05) is 23.7 Å². The number of nitrogens with zero attached hydrogens (tertiary/aromatic N) is 3. The summed E-state index contributed by atoms with van der Waals surface area (Å²) >= 11 is 5.89. The standard InChI is InChI=1S/C17H11ClN6O2.C4H9NO/c18-10-7-9(5-6-11(10)24-26)17(25)21-15-8-14(22-23-15)16-19-12-3-1-2-4-13(12)20-16;1-3-6-4-2-5-1/h1-8H,(H,19,20)(H2,21,22,23,25);5H,1-4H2. The number of H-pyrrole nitrogens is 2. The number of para-hydroxylation sites is 2. The topological polar surface area (TPSA) is 137 Å². The van der Waals surface area contributed by atoms with E-state index < -0.39 is 5.91 Å². The molecule has 1 saturated heterocycles. The molecule has 1 aliphatic heterocycles. The van der Waals surface area contributed by atoms with Gasteiger partial charge in [-0.05, 0) is 35.5 Å². The second-order valence-corrected chi connectivity index (χ2v) is 7.25. The van der Waals surface area contributed by atoms with Crippen LogP contribution in [0.2, 0.25) is 5.02 Å². The number of rotatable bonds is 4. The van der Waals surface area contributed by atoms with Crippen LogP contribution in [0.25, 0.3) is 22.6 Å². The van der Waals surface area contributed by atoms with E-state index in [1.807, 2.05) is 24.3 Å². The lowest BCUT2D eigenvalue weighted by atomic mass is 10.2. The molecule has 2 aromatic heterocycles. The molecule has 11 heteroatoms. The number of carbonyl (C=O) groups excluding carboxylic acids is 1. The summed E-state index contributed by atoms with van der Waals surface area (Å²) in [6.07, 6.45) is 0. The van der Waals surface area contributed by atoms with Crippen LogP contribution < -0.4 is 10.6 Å². The number of fused-ring (bicyclic) bond motifs is 1. The maximum Gasteiger partial charge on any atom is 0.256 e. The summed E-state index contributed by atoms with van der Waals surface area (Å²) in [7, 11) is 0. The first-order chi connectivity index (χ1) is 15.6. The Morgan fingerprint density at radius 1 is 1.12 bits per heavy atom. The number of carbonyl (C=O) groups is 1. The molecule has 1 amide bonds. The highest BCUT2D eigenvalue weighted by Crippen LogP contribution is 2.26. The first kappa shape index (κ1) is 21.6. The van der Waals surface area contributed by atoms with Crippen molar-refractivity contribution in [3.05, 3.63) is 64.0 Å². The Morgan fingerprint density at radius 2 is 1.94 bits per heavy atom. The summed E-state index contributed by atoms with van der Waals surface area (Å²) in [6, 6.07) is 13.5. The van der Waals surface area contributed by atoms with Crippen LogP contribution in [-0.4, -0.2) is 52.4 Å². The van der Waals surface area contributed by atoms with Crippen LogP contribution in [0.3, 0.4) is 0 Å². The van der Waals surface area contributed by atoms with Gasteiger partial charge in [0, 0.05) is 24.7 Å². The molecule has 5 rings (SSSR count). The number of hydrogen-bond acceptors (Lipinski definition) is 7. The van der Waals surface area contributed by atoms with Crippen molar-refractivity contribution >= 4 is 40.0 Å². The van der Waals surface area contributed by atoms with Crippen molar-refractivity contribution in [1.29, 1.82) is 0 Å². The van der Waals surface area contributed by atoms with Crippen molar-refractivity contribution in [3.63, 3.8) is 0 Å². The summed E-state index contributed by atoms with van der Waals surface area (Å²) in [5.41, 5.74) is 2.74. The fourth-order valence-electron chi connectivity index (χ4n) is 3.01. The molecular formula is C21H20ClN7O3. The van der Waals surface area contributed by atoms with Crippen molar-refractivity contribution < 1.29 is 9.53 Å². The van der Waals surface area contributed by atoms with E-state index in [1.165, 1.54) is 18.2 Å². The second-order valence-electron chi connectivity index (χ2n) is 6.84. The zero-order valence-electron chi connectivity index (χ0n) is 16.9. The van der Waals surface area contributed by atoms with Gasteiger partial charge in [-0.25, -0.2) is 4.98 Å². The van der Waals surface area contributed by atoms with Gasteiger partial charge in [0.15, 0.2) is 11.6 Å². The molecule has 0 spiro atoms. The predicted octanol–water partition coefficient (Wildman–Crippen LogP) is 3.86. The van der Waals surface area contributed by atoms with E-state index in [0.717, 1.165) is 37.3 Å². The molecule has 0 aliphatic carbocycles. The number of imidazole rings is 1. The van der Waals surface area contributed by atoms with Crippen molar-refractivity contribution in [2.45, 2.75) is 0 Å². The Balaban J connectivity index is 0.000000354. The van der Waals surface area contributed by atoms with Gasteiger partial charge in [-0.3, -0.25) is 9.89 Å². The van der Waals surface area contributed by atoms with Gasteiger partial charge in [0.05, 0.1) is 29.3 Å². The summed E-state index contributed by atoms with van der Waals surface area (Å²) < 4.78 is 5.01. The van der Waals surface area contributed by atoms with Crippen molar-refractivity contribution in [2.75, 3.05) is 31.6 Å². The lowest BCUT2D eigenvalue weighted by Gasteiger charge is -2.10. The third-order valence-electron chi connectivity index (χ3n) is 4.62. The van der Waals surface area contributed by atoms with Crippen LogP contribution in [0.15, 0.2) is 53.7 Å². The number of amides is 1. The molecule has 0 unspecified atom stereocenters. The van der Waals surface area contributed by atoms with Gasteiger partial charge in [-0.15, -0.1) is 4.91 Å². The molecule has 0 radical (unpaired) electrons.